The second-order valence-corrected chi connectivity index (χ2v) is 5.43. The first-order chi connectivity index (χ1) is 7.19. The van der Waals surface area contributed by atoms with E-state index in [1.54, 1.807) is 0 Å². The Morgan fingerprint density at radius 2 is 1.50 bits per heavy atom. The molecule has 1 unspecified atom stereocenters. The number of hydrogen-bond donors (Lipinski definition) is 1. The molecule has 0 spiro atoms. The average Bonchev–Trinajstić information content (AvgIpc) is 2.15. The smallest absolute Gasteiger partial charge is 0.380 e. The van der Waals surface area contributed by atoms with E-state index in [9.17, 15) is 18.3 Å². The molecule has 1 atom stereocenters. The first-order valence-corrected chi connectivity index (χ1v) is 5.98. The van der Waals surface area contributed by atoms with Crippen molar-refractivity contribution >= 4 is 0 Å². The quantitative estimate of drug-likeness (QED) is 0.776. The first kappa shape index (κ1) is 13.8. The van der Waals surface area contributed by atoms with Crippen molar-refractivity contribution < 1.29 is 18.3 Å². The number of halogens is 3. The summed E-state index contributed by atoms with van der Waals surface area (Å²) in [6.07, 6.45) is -1.98. The van der Waals surface area contributed by atoms with Crippen LogP contribution in [-0.4, -0.2) is 16.9 Å². The fourth-order valence-electron chi connectivity index (χ4n) is 2.73. The van der Waals surface area contributed by atoms with Gasteiger partial charge >= 0.3 is 6.18 Å². The standard InChI is InChI=1S/C12H21F3O/c1-8(2)11(16,12(13,14)15)10-6-4-9(3)5-7-10/h8-10,16H,4-7H2,1-3H3. The van der Waals surface area contributed by atoms with Crippen LogP contribution >= 0.6 is 0 Å². The van der Waals surface area contributed by atoms with Crippen molar-refractivity contribution in [2.45, 2.75) is 58.2 Å². The van der Waals surface area contributed by atoms with E-state index in [1.807, 2.05) is 0 Å². The number of rotatable bonds is 2. The number of aliphatic hydroxyl groups is 1. The fourth-order valence-corrected chi connectivity index (χ4v) is 2.73. The molecular formula is C12H21F3O. The Balaban J connectivity index is 2.86. The Morgan fingerprint density at radius 3 is 1.81 bits per heavy atom. The van der Waals surface area contributed by atoms with Crippen LogP contribution in [0.1, 0.15) is 46.5 Å². The molecule has 0 aromatic carbocycles. The van der Waals surface area contributed by atoms with Gasteiger partial charge in [-0.15, -0.1) is 0 Å². The third-order valence-electron chi connectivity index (χ3n) is 3.97. The molecule has 96 valence electrons. The monoisotopic (exact) mass is 238 g/mol. The highest BCUT2D eigenvalue weighted by Crippen LogP contribution is 2.47. The lowest BCUT2D eigenvalue weighted by Gasteiger charge is -2.43. The molecular weight excluding hydrogens is 217 g/mol. The summed E-state index contributed by atoms with van der Waals surface area (Å²) in [5, 5.41) is 10.0. The molecule has 0 heterocycles. The average molecular weight is 238 g/mol. The second-order valence-electron chi connectivity index (χ2n) is 5.43. The highest BCUT2D eigenvalue weighted by Gasteiger charge is 2.59. The lowest BCUT2D eigenvalue weighted by molar-refractivity contribution is -0.299. The molecule has 1 aliphatic rings. The molecule has 0 amide bonds. The van der Waals surface area contributed by atoms with Crippen molar-refractivity contribution in [1.82, 2.24) is 0 Å². The summed E-state index contributed by atoms with van der Waals surface area (Å²) in [6, 6.07) is 0. The van der Waals surface area contributed by atoms with Gasteiger partial charge in [0.1, 0.15) is 0 Å². The molecule has 0 saturated heterocycles. The van der Waals surface area contributed by atoms with Gasteiger partial charge in [0.25, 0.3) is 0 Å². The molecule has 1 fully saturated rings. The van der Waals surface area contributed by atoms with Gasteiger partial charge in [-0.25, -0.2) is 0 Å². The Bertz CT molecular complexity index is 229. The Morgan fingerprint density at radius 1 is 1.06 bits per heavy atom. The van der Waals surface area contributed by atoms with Crippen molar-refractivity contribution in [3.63, 3.8) is 0 Å². The van der Waals surface area contributed by atoms with Gasteiger partial charge in [0.05, 0.1) is 0 Å². The Hall–Kier alpha value is -0.250. The van der Waals surface area contributed by atoms with Gasteiger partial charge in [-0.1, -0.05) is 33.6 Å². The SMILES string of the molecule is CC1CCC(C(O)(C(C)C)C(F)(F)F)CC1. The molecule has 0 aliphatic heterocycles. The number of alkyl halides is 3. The van der Waals surface area contributed by atoms with E-state index < -0.39 is 23.6 Å². The maximum Gasteiger partial charge on any atom is 0.417 e. The van der Waals surface area contributed by atoms with E-state index in [0.29, 0.717) is 18.8 Å². The van der Waals surface area contributed by atoms with E-state index in [2.05, 4.69) is 6.92 Å². The number of hydrogen-bond acceptors (Lipinski definition) is 1. The Kier molecular flexibility index (Phi) is 3.93. The molecule has 1 aliphatic carbocycles. The van der Waals surface area contributed by atoms with Crippen LogP contribution in [0, 0.1) is 17.8 Å². The fraction of sp³-hybridized carbons (Fsp3) is 1.00. The van der Waals surface area contributed by atoms with Gasteiger partial charge in [-0.2, -0.15) is 13.2 Å². The van der Waals surface area contributed by atoms with E-state index in [1.165, 1.54) is 13.8 Å². The van der Waals surface area contributed by atoms with Gasteiger partial charge in [0.2, 0.25) is 0 Å². The van der Waals surface area contributed by atoms with Gasteiger partial charge in [0, 0.05) is 0 Å². The van der Waals surface area contributed by atoms with Gasteiger partial charge in [-0.05, 0) is 30.6 Å². The van der Waals surface area contributed by atoms with Crippen molar-refractivity contribution in [1.29, 1.82) is 0 Å². The van der Waals surface area contributed by atoms with Crippen molar-refractivity contribution in [3.05, 3.63) is 0 Å². The van der Waals surface area contributed by atoms with E-state index in [4.69, 9.17) is 0 Å². The lowest BCUT2D eigenvalue weighted by Crippen LogP contribution is -2.56. The third-order valence-corrected chi connectivity index (χ3v) is 3.97. The van der Waals surface area contributed by atoms with E-state index in [0.717, 1.165) is 12.8 Å². The van der Waals surface area contributed by atoms with Crippen LogP contribution in [0.5, 0.6) is 0 Å². The van der Waals surface area contributed by atoms with Crippen LogP contribution in [-0.2, 0) is 0 Å². The normalized spacial score (nSPS) is 31.5. The molecule has 1 saturated carbocycles. The maximum atomic E-state index is 13.0. The molecule has 1 rings (SSSR count). The largest absolute Gasteiger partial charge is 0.417 e. The summed E-state index contributed by atoms with van der Waals surface area (Å²) in [5.41, 5.74) is -2.51. The first-order valence-electron chi connectivity index (χ1n) is 5.98. The predicted octanol–water partition coefficient (Wildman–Crippen LogP) is 3.76. The summed E-state index contributed by atoms with van der Waals surface area (Å²) in [7, 11) is 0. The molecule has 1 N–H and O–H groups in total. The summed E-state index contributed by atoms with van der Waals surface area (Å²) in [5.74, 6) is -0.935. The zero-order valence-electron chi connectivity index (χ0n) is 10.1. The van der Waals surface area contributed by atoms with Crippen LogP contribution in [0.15, 0.2) is 0 Å². The van der Waals surface area contributed by atoms with Gasteiger partial charge in [-0.3, -0.25) is 0 Å². The van der Waals surface area contributed by atoms with Crippen molar-refractivity contribution in [2.24, 2.45) is 17.8 Å². The maximum absolute atomic E-state index is 13.0. The molecule has 16 heavy (non-hydrogen) atoms. The minimum absolute atomic E-state index is 0.482. The lowest BCUT2D eigenvalue weighted by atomic mass is 9.69. The van der Waals surface area contributed by atoms with Crippen LogP contribution in [0.25, 0.3) is 0 Å². The third kappa shape index (κ3) is 2.36. The summed E-state index contributed by atoms with van der Waals surface area (Å²) in [4.78, 5) is 0. The van der Waals surface area contributed by atoms with E-state index >= 15 is 0 Å². The zero-order chi connectivity index (χ0) is 12.6. The van der Waals surface area contributed by atoms with Gasteiger partial charge < -0.3 is 5.11 Å². The minimum atomic E-state index is -4.52. The molecule has 1 nitrogen and oxygen atoms in total. The minimum Gasteiger partial charge on any atom is -0.380 e. The van der Waals surface area contributed by atoms with Crippen molar-refractivity contribution in [3.8, 4) is 0 Å². The molecule has 4 heteroatoms. The van der Waals surface area contributed by atoms with Crippen molar-refractivity contribution in [2.75, 3.05) is 0 Å². The molecule has 0 radical (unpaired) electrons. The van der Waals surface area contributed by atoms with E-state index in [-0.39, 0.29) is 0 Å². The van der Waals surface area contributed by atoms with Gasteiger partial charge in [0.15, 0.2) is 5.60 Å². The zero-order valence-corrected chi connectivity index (χ0v) is 10.1. The summed E-state index contributed by atoms with van der Waals surface area (Å²) < 4.78 is 39.0. The molecule has 0 aromatic rings. The Labute approximate surface area is 95.0 Å². The molecule has 0 aromatic heterocycles. The van der Waals surface area contributed by atoms with Crippen LogP contribution in [0.4, 0.5) is 13.2 Å². The second kappa shape index (κ2) is 4.55. The van der Waals surface area contributed by atoms with Crippen LogP contribution in [0.3, 0.4) is 0 Å². The predicted molar refractivity (Wildman–Crippen MR) is 57.0 cm³/mol. The van der Waals surface area contributed by atoms with Crippen LogP contribution < -0.4 is 0 Å². The summed E-state index contributed by atoms with van der Waals surface area (Å²) >= 11 is 0. The highest BCUT2D eigenvalue weighted by atomic mass is 19.4. The topological polar surface area (TPSA) is 20.2 Å². The molecule has 0 bridgehead atoms. The van der Waals surface area contributed by atoms with Crippen LogP contribution in [0.2, 0.25) is 0 Å². The highest BCUT2D eigenvalue weighted by molar-refractivity contribution is 4.97. The summed E-state index contributed by atoms with van der Waals surface area (Å²) in [6.45, 7) is 4.95.